The molecule has 0 aliphatic rings. The van der Waals surface area contributed by atoms with E-state index in [-0.39, 0.29) is 6.54 Å². The fourth-order valence-electron chi connectivity index (χ4n) is 1.77. The van der Waals surface area contributed by atoms with Crippen molar-refractivity contribution < 1.29 is 26.7 Å². The lowest BCUT2D eigenvalue weighted by Crippen LogP contribution is -2.20. The molecule has 0 bridgehead atoms. The Labute approximate surface area is 128 Å². The molecule has 0 spiro atoms. The quantitative estimate of drug-likeness (QED) is 0.394. The van der Waals surface area contributed by atoms with E-state index >= 15 is 0 Å². The standard InChI is InChI=1S/C16H10F5NO/c17-12-10(13(18)15(20)16(21)14(12)19)6-7-11(23)22-8-9-4-2-1-3-5-9/h1-7H,8H2,(H,22,23)/b7-6+. The van der Waals surface area contributed by atoms with Crippen molar-refractivity contribution in [3.63, 3.8) is 0 Å². The topological polar surface area (TPSA) is 29.1 Å². The normalized spacial score (nSPS) is 11.0. The molecule has 0 heterocycles. The van der Waals surface area contributed by atoms with Crippen LogP contribution in [0.25, 0.3) is 6.08 Å². The van der Waals surface area contributed by atoms with Gasteiger partial charge in [-0.15, -0.1) is 0 Å². The van der Waals surface area contributed by atoms with E-state index in [0.29, 0.717) is 12.2 Å². The Balaban J connectivity index is 2.13. The van der Waals surface area contributed by atoms with Crippen molar-refractivity contribution in [2.45, 2.75) is 6.54 Å². The van der Waals surface area contributed by atoms with Gasteiger partial charge in [-0.3, -0.25) is 4.79 Å². The predicted octanol–water partition coefficient (Wildman–Crippen LogP) is 3.71. The summed E-state index contributed by atoms with van der Waals surface area (Å²) in [4.78, 5) is 11.5. The number of amides is 1. The Bertz CT molecular complexity index is 730. The minimum atomic E-state index is -2.24. The van der Waals surface area contributed by atoms with Crippen LogP contribution in [-0.4, -0.2) is 5.91 Å². The Hall–Kier alpha value is -2.70. The lowest BCUT2D eigenvalue weighted by atomic mass is 10.1. The number of carbonyl (C=O) groups is 1. The molecule has 0 saturated heterocycles. The molecule has 0 unspecified atom stereocenters. The van der Waals surface area contributed by atoms with Crippen LogP contribution in [0.1, 0.15) is 11.1 Å². The van der Waals surface area contributed by atoms with Crippen molar-refractivity contribution in [3.8, 4) is 0 Å². The Morgan fingerprint density at radius 3 is 1.96 bits per heavy atom. The van der Waals surface area contributed by atoms with Gasteiger partial charge in [0.15, 0.2) is 23.3 Å². The average Bonchev–Trinajstić information content (AvgIpc) is 2.57. The lowest BCUT2D eigenvalue weighted by molar-refractivity contribution is -0.116. The number of carbonyl (C=O) groups excluding carboxylic acids is 1. The summed E-state index contributed by atoms with van der Waals surface area (Å²) in [5.74, 6) is -11.1. The molecule has 0 aliphatic heterocycles. The predicted molar refractivity (Wildman–Crippen MR) is 73.6 cm³/mol. The summed E-state index contributed by atoms with van der Waals surface area (Å²) >= 11 is 0. The van der Waals surface area contributed by atoms with Gasteiger partial charge >= 0.3 is 0 Å². The monoisotopic (exact) mass is 327 g/mol. The van der Waals surface area contributed by atoms with Gasteiger partial charge in [-0.05, 0) is 11.6 Å². The van der Waals surface area contributed by atoms with Crippen molar-refractivity contribution in [2.75, 3.05) is 0 Å². The molecule has 0 radical (unpaired) electrons. The minimum Gasteiger partial charge on any atom is -0.348 e. The van der Waals surface area contributed by atoms with Crippen molar-refractivity contribution >= 4 is 12.0 Å². The zero-order chi connectivity index (χ0) is 17.0. The molecule has 2 rings (SSSR count). The van der Waals surface area contributed by atoms with Crippen LogP contribution in [0.15, 0.2) is 36.4 Å². The first-order valence-electron chi connectivity index (χ1n) is 6.43. The van der Waals surface area contributed by atoms with E-state index in [1.165, 1.54) is 0 Å². The zero-order valence-electron chi connectivity index (χ0n) is 11.5. The summed E-state index contributed by atoms with van der Waals surface area (Å²) < 4.78 is 65.7. The van der Waals surface area contributed by atoms with Gasteiger partial charge in [0, 0.05) is 12.6 Å². The molecule has 2 nitrogen and oxygen atoms in total. The summed E-state index contributed by atoms with van der Waals surface area (Å²) in [5.41, 5.74) is -0.387. The molecule has 1 N–H and O–H groups in total. The maximum atomic E-state index is 13.4. The molecule has 2 aromatic carbocycles. The van der Waals surface area contributed by atoms with Gasteiger partial charge in [0.2, 0.25) is 11.7 Å². The van der Waals surface area contributed by atoms with Crippen LogP contribution < -0.4 is 5.32 Å². The van der Waals surface area contributed by atoms with E-state index in [1.54, 1.807) is 30.3 Å². The molecule has 0 atom stereocenters. The van der Waals surface area contributed by atoms with E-state index in [0.717, 1.165) is 5.56 Å². The third kappa shape index (κ3) is 3.74. The van der Waals surface area contributed by atoms with Crippen LogP contribution in [0.5, 0.6) is 0 Å². The van der Waals surface area contributed by atoms with Crippen LogP contribution in [0.2, 0.25) is 0 Å². The second kappa shape index (κ2) is 7.04. The number of hydrogen-bond acceptors (Lipinski definition) is 1. The van der Waals surface area contributed by atoms with Crippen molar-refractivity contribution in [1.82, 2.24) is 5.32 Å². The third-order valence-electron chi connectivity index (χ3n) is 2.95. The van der Waals surface area contributed by atoms with E-state index in [2.05, 4.69) is 5.32 Å². The summed E-state index contributed by atoms with van der Waals surface area (Å²) in [6.45, 7) is 0.154. The second-order valence-corrected chi connectivity index (χ2v) is 4.52. The summed E-state index contributed by atoms with van der Waals surface area (Å²) in [7, 11) is 0. The van der Waals surface area contributed by atoms with Gasteiger partial charge in [-0.25, -0.2) is 22.0 Å². The molecule has 7 heteroatoms. The average molecular weight is 327 g/mol. The number of rotatable bonds is 4. The van der Waals surface area contributed by atoms with E-state index < -0.39 is 40.6 Å². The molecule has 120 valence electrons. The second-order valence-electron chi connectivity index (χ2n) is 4.52. The highest BCUT2D eigenvalue weighted by Crippen LogP contribution is 2.23. The van der Waals surface area contributed by atoms with Crippen LogP contribution in [0, 0.1) is 29.1 Å². The van der Waals surface area contributed by atoms with Crippen LogP contribution in [-0.2, 0) is 11.3 Å². The van der Waals surface area contributed by atoms with Crippen LogP contribution in [0.3, 0.4) is 0 Å². The Morgan fingerprint density at radius 2 is 1.39 bits per heavy atom. The third-order valence-corrected chi connectivity index (χ3v) is 2.95. The first-order valence-corrected chi connectivity index (χ1v) is 6.43. The van der Waals surface area contributed by atoms with E-state index in [9.17, 15) is 26.7 Å². The minimum absolute atomic E-state index is 0.154. The highest BCUT2D eigenvalue weighted by atomic mass is 19.2. The SMILES string of the molecule is O=C(/C=C/c1c(F)c(F)c(F)c(F)c1F)NCc1ccccc1. The Kier molecular flexibility index (Phi) is 5.10. The summed E-state index contributed by atoms with van der Waals surface area (Å²) in [6, 6.07) is 8.79. The zero-order valence-corrected chi connectivity index (χ0v) is 11.5. The van der Waals surface area contributed by atoms with Crippen LogP contribution >= 0.6 is 0 Å². The molecule has 0 saturated carbocycles. The van der Waals surface area contributed by atoms with Gasteiger partial charge in [0.25, 0.3) is 0 Å². The van der Waals surface area contributed by atoms with Gasteiger partial charge in [0.1, 0.15) is 0 Å². The van der Waals surface area contributed by atoms with Crippen molar-refractivity contribution in [2.24, 2.45) is 0 Å². The number of hydrogen-bond donors (Lipinski definition) is 1. The smallest absolute Gasteiger partial charge is 0.244 e. The highest BCUT2D eigenvalue weighted by molar-refractivity contribution is 5.91. The van der Waals surface area contributed by atoms with Gasteiger partial charge < -0.3 is 5.32 Å². The fourth-order valence-corrected chi connectivity index (χ4v) is 1.77. The molecule has 0 aliphatic carbocycles. The van der Waals surface area contributed by atoms with Crippen molar-refractivity contribution in [1.29, 1.82) is 0 Å². The Morgan fingerprint density at radius 1 is 0.870 bits per heavy atom. The van der Waals surface area contributed by atoms with Gasteiger partial charge in [-0.1, -0.05) is 30.3 Å². The summed E-state index contributed by atoms with van der Waals surface area (Å²) in [6.07, 6.45) is 1.23. The van der Waals surface area contributed by atoms with Gasteiger partial charge in [-0.2, -0.15) is 0 Å². The molecule has 23 heavy (non-hydrogen) atoms. The lowest BCUT2D eigenvalue weighted by Gasteiger charge is -2.05. The largest absolute Gasteiger partial charge is 0.348 e. The molecule has 1 amide bonds. The highest BCUT2D eigenvalue weighted by Gasteiger charge is 2.24. The maximum Gasteiger partial charge on any atom is 0.244 e. The first kappa shape index (κ1) is 16.7. The number of nitrogens with one attached hydrogen (secondary N) is 1. The summed E-state index contributed by atoms with van der Waals surface area (Å²) in [5, 5.41) is 2.42. The van der Waals surface area contributed by atoms with E-state index in [1.807, 2.05) is 0 Å². The molecule has 0 fully saturated rings. The molecule has 0 aromatic heterocycles. The molecular weight excluding hydrogens is 317 g/mol. The number of benzene rings is 2. The fraction of sp³-hybridized carbons (Fsp3) is 0.0625. The molecule has 2 aromatic rings. The van der Waals surface area contributed by atoms with Gasteiger partial charge in [0.05, 0.1) is 5.56 Å². The first-order chi connectivity index (χ1) is 10.9. The number of halogens is 5. The maximum absolute atomic E-state index is 13.4. The van der Waals surface area contributed by atoms with E-state index in [4.69, 9.17) is 0 Å². The van der Waals surface area contributed by atoms with Crippen molar-refractivity contribution in [3.05, 3.63) is 76.6 Å². The van der Waals surface area contributed by atoms with Crippen LogP contribution in [0.4, 0.5) is 22.0 Å². The molecular formula is C16H10F5NO.